The Bertz CT molecular complexity index is 808. The van der Waals surface area contributed by atoms with E-state index < -0.39 is 0 Å². The molecule has 0 saturated carbocycles. The maximum absolute atomic E-state index is 13.0. The number of thiophene rings is 1. The Morgan fingerprint density at radius 1 is 1.00 bits per heavy atom. The van der Waals surface area contributed by atoms with E-state index in [4.69, 9.17) is 0 Å². The Morgan fingerprint density at radius 2 is 1.73 bits per heavy atom. The second-order valence-electron chi connectivity index (χ2n) is 4.94. The Labute approximate surface area is 132 Å². The standard InChI is InChI=1S/C18H14FNOS/c1-12-4-2-3-5-15(12)20-18(21)17-11-10-16(22-17)13-6-8-14(19)9-7-13/h2-11H,1H3,(H,20,21). The summed E-state index contributed by atoms with van der Waals surface area (Å²) in [5.74, 6) is -0.398. The summed E-state index contributed by atoms with van der Waals surface area (Å²) in [6.07, 6.45) is 0. The van der Waals surface area contributed by atoms with Crippen molar-refractivity contribution in [2.75, 3.05) is 5.32 Å². The van der Waals surface area contributed by atoms with E-state index in [1.54, 1.807) is 18.2 Å². The number of benzene rings is 2. The van der Waals surface area contributed by atoms with Crippen LogP contribution in [-0.4, -0.2) is 5.91 Å². The average Bonchev–Trinajstić information content (AvgIpc) is 3.00. The van der Waals surface area contributed by atoms with Gasteiger partial charge in [0.25, 0.3) is 5.91 Å². The normalized spacial score (nSPS) is 10.5. The second kappa shape index (κ2) is 6.12. The Kier molecular flexibility index (Phi) is 4.02. The van der Waals surface area contributed by atoms with Crippen LogP contribution in [0.5, 0.6) is 0 Å². The van der Waals surface area contributed by atoms with Crippen LogP contribution in [0, 0.1) is 12.7 Å². The summed E-state index contributed by atoms with van der Waals surface area (Å²) in [4.78, 5) is 13.9. The number of hydrogen-bond acceptors (Lipinski definition) is 2. The van der Waals surface area contributed by atoms with Crippen LogP contribution in [0.3, 0.4) is 0 Å². The first-order valence-electron chi connectivity index (χ1n) is 6.86. The molecule has 0 atom stereocenters. The second-order valence-corrected chi connectivity index (χ2v) is 6.02. The number of anilines is 1. The van der Waals surface area contributed by atoms with Crippen molar-refractivity contribution >= 4 is 22.9 Å². The molecule has 3 aromatic rings. The lowest BCUT2D eigenvalue weighted by atomic mass is 10.2. The van der Waals surface area contributed by atoms with E-state index in [0.717, 1.165) is 21.7 Å². The molecule has 0 unspecified atom stereocenters. The van der Waals surface area contributed by atoms with E-state index >= 15 is 0 Å². The summed E-state index contributed by atoms with van der Waals surface area (Å²) in [6.45, 7) is 1.95. The minimum absolute atomic E-state index is 0.132. The zero-order valence-corrected chi connectivity index (χ0v) is 12.8. The number of halogens is 1. The van der Waals surface area contributed by atoms with Gasteiger partial charge in [0.1, 0.15) is 5.82 Å². The topological polar surface area (TPSA) is 29.1 Å². The van der Waals surface area contributed by atoms with Crippen molar-refractivity contribution in [1.82, 2.24) is 0 Å². The van der Waals surface area contributed by atoms with Crippen LogP contribution in [0.4, 0.5) is 10.1 Å². The maximum atomic E-state index is 13.0. The highest BCUT2D eigenvalue weighted by Crippen LogP contribution is 2.29. The molecule has 0 aliphatic rings. The molecule has 0 aliphatic carbocycles. The van der Waals surface area contributed by atoms with E-state index in [9.17, 15) is 9.18 Å². The maximum Gasteiger partial charge on any atom is 0.265 e. The fourth-order valence-electron chi connectivity index (χ4n) is 2.13. The van der Waals surface area contributed by atoms with Crippen molar-refractivity contribution in [1.29, 1.82) is 0 Å². The highest BCUT2D eigenvalue weighted by Gasteiger charge is 2.11. The lowest BCUT2D eigenvalue weighted by Gasteiger charge is -2.06. The number of carbonyl (C=O) groups excluding carboxylic acids is 1. The zero-order valence-electron chi connectivity index (χ0n) is 12.0. The number of amides is 1. The summed E-state index contributed by atoms with van der Waals surface area (Å²) >= 11 is 1.39. The van der Waals surface area contributed by atoms with Crippen LogP contribution in [-0.2, 0) is 0 Å². The van der Waals surface area contributed by atoms with E-state index in [0.29, 0.717) is 4.88 Å². The quantitative estimate of drug-likeness (QED) is 0.715. The van der Waals surface area contributed by atoms with Gasteiger partial charge >= 0.3 is 0 Å². The Morgan fingerprint density at radius 3 is 2.45 bits per heavy atom. The summed E-state index contributed by atoms with van der Waals surface area (Å²) in [5, 5.41) is 2.91. The van der Waals surface area contributed by atoms with Crippen molar-refractivity contribution in [2.24, 2.45) is 0 Å². The molecule has 0 aliphatic heterocycles. The number of para-hydroxylation sites is 1. The van der Waals surface area contributed by atoms with Gasteiger partial charge in [-0.2, -0.15) is 0 Å². The summed E-state index contributed by atoms with van der Waals surface area (Å²) in [5.41, 5.74) is 2.73. The van der Waals surface area contributed by atoms with Crippen molar-refractivity contribution in [2.45, 2.75) is 6.92 Å². The minimum atomic E-state index is -0.266. The van der Waals surface area contributed by atoms with E-state index in [1.165, 1.54) is 23.5 Å². The predicted molar refractivity (Wildman–Crippen MR) is 88.8 cm³/mol. The molecule has 0 fully saturated rings. The van der Waals surface area contributed by atoms with Gasteiger partial charge in [-0.25, -0.2) is 4.39 Å². The van der Waals surface area contributed by atoms with Gasteiger partial charge in [-0.3, -0.25) is 4.79 Å². The fraction of sp³-hybridized carbons (Fsp3) is 0.0556. The Balaban J connectivity index is 1.80. The molecule has 110 valence electrons. The molecule has 0 radical (unpaired) electrons. The molecule has 4 heteroatoms. The van der Waals surface area contributed by atoms with Crippen molar-refractivity contribution in [3.8, 4) is 10.4 Å². The molecular weight excluding hydrogens is 297 g/mol. The third-order valence-electron chi connectivity index (χ3n) is 3.35. The lowest BCUT2D eigenvalue weighted by Crippen LogP contribution is -2.10. The zero-order chi connectivity index (χ0) is 15.5. The fourth-order valence-corrected chi connectivity index (χ4v) is 3.03. The molecule has 22 heavy (non-hydrogen) atoms. The largest absolute Gasteiger partial charge is 0.321 e. The molecule has 0 bridgehead atoms. The summed E-state index contributed by atoms with van der Waals surface area (Å²) < 4.78 is 13.0. The highest BCUT2D eigenvalue weighted by atomic mass is 32.1. The van der Waals surface area contributed by atoms with Crippen LogP contribution in [0.15, 0.2) is 60.7 Å². The number of hydrogen-bond donors (Lipinski definition) is 1. The minimum Gasteiger partial charge on any atom is -0.321 e. The van der Waals surface area contributed by atoms with Crippen LogP contribution >= 0.6 is 11.3 Å². The summed E-state index contributed by atoms with van der Waals surface area (Å²) in [7, 11) is 0. The number of rotatable bonds is 3. The molecule has 1 amide bonds. The van der Waals surface area contributed by atoms with Crippen molar-refractivity contribution in [3.05, 3.63) is 76.9 Å². The first-order valence-corrected chi connectivity index (χ1v) is 7.68. The molecule has 3 rings (SSSR count). The number of carbonyl (C=O) groups is 1. The van der Waals surface area contributed by atoms with Gasteiger partial charge < -0.3 is 5.32 Å². The van der Waals surface area contributed by atoms with Crippen LogP contribution < -0.4 is 5.32 Å². The smallest absolute Gasteiger partial charge is 0.265 e. The molecule has 2 nitrogen and oxygen atoms in total. The lowest BCUT2D eigenvalue weighted by molar-refractivity contribution is 0.103. The molecule has 1 aromatic heterocycles. The third-order valence-corrected chi connectivity index (χ3v) is 4.48. The molecule has 2 aromatic carbocycles. The monoisotopic (exact) mass is 311 g/mol. The molecule has 1 N–H and O–H groups in total. The van der Waals surface area contributed by atoms with Crippen molar-refractivity contribution in [3.63, 3.8) is 0 Å². The van der Waals surface area contributed by atoms with Gasteiger partial charge in [0, 0.05) is 10.6 Å². The van der Waals surface area contributed by atoms with Gasteiger partial charge in [-0.15, -0.1) is 11.3 Å². The Hall–Kier alpha value is -2.46. The van der Waals surface area contributed by atoms with E-state index in [-0.39, 0.29) is 11.7 Å². The number of nitrogens with one attached hydrogen (secondary N) is 1. The van der Waals surface area contributed by atoms with Gasteiger partial charge in [0.05, 0.1) is 4.88 Å². The third kappa shape index (κ3) is 3.07. The van der Waals surface area contributed by atoms with E-state index in [1.807, 2.05) is 37.3 Å². The SMILES string of the molecule is Cc1ccccc1NC(=O)c1ccc(-c2ccc(F)cc2)s1. The molecular formula is C18H14FNOS. The first kappa shape index (κ1) is 14.5. The van der Waals surface area contributed by atoms with Gasteiger partial charge in [0.2, 0.25) is 0 Å². The molecule has 1 heterocycles. The van der Waals surface area contributed by atoms with E-state index in [2.05, 4.69) is 5.32 Å². The first-order chi connectivity index (χ1) is 10.6. The highest BCUT2D eigenvalue weighted by molar-refractivity contribution is 7.17. The predicted octanol–water partition coefficient (Wildman–Crippen LogP) is 5.11. The van der Waals surface area contributed by atoms with Crippen LogP contribution in [0.25, 0.3) is 10.4 Å². The van der Waals surface area contributed by atoms with Crippen LogP contribution in [0.1, 0.15) is 15.2 Å². The average molecular weight is 311 g/mol. The number of aryl methyl sites for hydroxylation is 1. The van der Waals surface area contributed by atoms with Gasteiger partial charge in [0.15, 0.2) is 0 Å². The van der Waals surface area contributed by atoms with Gasteiger partial charge in [-0.1, -0.05) is 30.3 Å². The molecule has 0 spiro atoms. The van der Waals surface area contributed by atoms with Crippen LogP contribution in [0.2, 0.25) is 0 Å². The van der Waals surface area contributed by atoms with Crippen molar-refractivity contribution < 1.29 is 9.18 Å². The molecule has 0 saturated heterocycles. The van der Waals surface area contributed by atoms with Gasteiger partial charge in [-0.05, 0) is 48.4 Å². The summed E-state index contributed by atoms with van der Waals surface area (Å²) in [6, 6.07) is 17.6.